The lowest BCUT2D eigenvalue weighted by molar-refractivity contribution is -0.125. The van der Waals surface area contributed by atoms with Crippen LogP contribution < -0.4 is 5.32 Å². The van der Waals surface area contributed by atoms with Gasteiger partial charge in [-0.2, -0.15) is 5.26 Å². The number of amides is 1. The molecule has 5 heteroatoms. The molecule has 0 radical (unpaired) electrons. The van der Waals surface area contributed by atoms with Gasteiger partial charge in [-0.05, 0) is 85.5 Å². The molecule has 33 heavy (non-hydrogen) atoms. The topological polar surface area (TPSA) is 56.1 Å². The van der Waals surface area contributed by atoms with E-state index in [1.807, 2.05) is 24.3 Å². The third-order valence-electron chi connectivity index (χ3n) is 6.09. The highest BCUT2D eigenvalue weighted by Crippen LogP contribution is 2.36. The minimum atomic E-state index is -0.240. The van der Waals surface area contributed by atoms with Crippen molar-refractivity contribution >= 4 is 17.9 Å². The highest BCUT2D eigenvalue weighted by atomic mass is 32.2. The normalized spacial score (nSPS) is 15.5. The first kappa shape index (κ1) is 23.1. The average molecular weight is 456 g/mol. The predicted molar refractivity (Wildman–Crippen MR) is 134 cm³/mol. The summed E-state index contributed by atoms with van der Waals surface area (Å²) >= 11 is 1.70. The molecule has 4 rings (SSSR count). The first-order valence-electron chi connectivity index (χ1n) is 11.3. The van der Waals surface area contributed by atoms with Crippen LogP contribution >= 0.6 is 11.9 Å². The Labute approximate surface area is 200 Å². The van der Waals surface area contributed by atoms with Crippen molar-refractivity contribution in [2.75, 3.05) is 6.54 Å². The zero-order chi connectivity index (χ0) is 23.4. The number of carbonyl (C=O) groups is 1. The summed E-state index contributed by atoms with van der Waals surface area (Å²) in [6, 6.07) is 22.3. The van der Waals surface area contributed by atoms with E-state index in [9.17, 15) is 4.79 Å². The molecule has 168 valence electrons. The van der Waals surface area contributed by atoms with E-state index < -0.39 is 0 Å². The van der Waals surface area contributed by atoms with E-state index >= 15 is 0 Å². The van der Waals surface area contributed by atoms with Gasteiger partial charge in [-0.15, -0.1) is 0 Å². The smallest absolute Gasteiger partial charge is 0.238 e. The molecular weight excluding hydrogens is 426 g/mol. The third-order valence-corrected chi connectivity index (χ3v) is 7.53. The van der Waals surface area contributed by atoms with Crippen LogP contribution in [0.5, 0.6) is 0 Å². The number of hydrogen-bond donors (Lipinski definition) is 1. The van der Waals surface area contributed by atoms with Gasteiger partial charge in [0.05, 0.1) is 11.6 Å². The molecule has 3 aromatic rings. The zero-order valence-electron chi connectivity index (χ0n) is 19.4. The number of nitrogens with zero attached hydrogens (tertiary/aromatic N) is 2. The average Bonchev–Trinajstić information content (AvgIpc) is 2.81. The van der Waals surface area contributed by atoms with E-state index in [-0.39, 0.29) is 11.9 Å². The molecule has 0 spiro atoms. The van der Waals surface area contributed by atoms with Crippen LogP contribution in [0, 0.1) is 32.1 Å². The van der Waals surface area contributed by atoms with Gasteiger partial charge in [-0.25, -0.2) is 4.31 Å². The molecule has 0 aromatic heterocycles. The van der Waals surface area contributed by atoms with Crippen LogP contribution in [0.4, 0.5) is 0 Å². The Hall–Kier alpha value is -3.07. The van der Waals surface area contributed by atoms with E-state index in [4.69, 9.17) is 5.26 Å². The lowest BCUT2D eigenvalue weighted by Gasteiger charge is -2.35. The van der Waals surface area contributed by atoms with Gasteiger partial charge in [0.25, 0.3) is 0 Å². The molecule has 0 fully saturated rings. The van der Waals surface area contributed by atoms with Gasteiger partial charge in [-0.1, -0.05) is 54.1 Å². The van der Waals surface area contributed by atoms with Crippen LogP contribution in [-0.4, -0.2) is 22.8 Å². The zero-order valence-corrected chi connectivity index (χ0v) is 20.2. The van der Waals surface area contributed by atoms with Gasteiger partial charge in [0.2, 0.25) is 5.91 Å². The first-order chi connectivity index (χ1) is 15.9. The number of aryl methyl sites for hydroxylation is 3. The Balaban J connectivity index is 1.51. The molecule has 1 N–H and O–H groups in total. The minimum Gasteiger partial charge on any atom is -0.354 e. The van der Waals surface area contributed by atoms with E-state index in [0.717, 1.165) is 12.1 Å². The molecule has 0 saturated heterocycles. The van der Waals surface area contributed by atoms with Gasteiger partial charge in [-0.3, -0.25) is 4.79 Å². The highest BCUT2D eigenvalue weighted by molar-refractivity contribution is 7.97. The lowest BCUT2D eigenvalue weighted by Crippen LogP contribution is -2.47. The van der Waals surface area contributed by atoms with Crippen LogP contribution in [0.25, 0.3) is 0 Å². The number of rotatable bonds is 6. The van der Waals surface area contributed by atoms with Crippen LogP contribution in [0.3, 0.4) is 0 Å². The molecule has 3 aromatic carbocycles. The molecule has 0 saturated carbocycles. The highest BCUT2D eigenvalue weighted by Gasteiger charge is 2.32. The molecular formula is C28H29N3OS. The lowest BCUT2D eigenvalue weighted by atomic mass is 9.95. The Kier molecular flexibility index (Phi) is 7.17. The van der Waals surface area contributed by atoms with Crippen molar-refractivity contribution in [1.29, 1.82) is 5.26 Å². The number of benzene rings is 3. The molecule has 1 aliphatic heterocycles. The fraction of sp³-hybridized carbons (Fsp3) is 0.286. The fourth-order valence-electron chi connectivity index (χ4n) is 4.49. The van der Waals surface area contributed by atoms with E-state index in [1.165, 1.54) is 32.7 Å². The number of nitriles is 1. The number of carbonyl (C=O) groups excluding carboxylic acids is 1. The first-order valence-corrected chi connectivity index (χ1v) is 12.1. The van der Waals surface area contributed by atoms with Crippen molar-refractivity contribution < 1.29 is 4.79 Å². The summed E-state index contributed by atoms with van der Waals surface area (Å²) in [5, 5.41) is 12.2. The summed E-state index contributed by atoms with van der Waals surface area (Å²) in [7, 11) is 0. The summed E-state index contributed by atoms with van der Waals surface area (Å²) in [5.74, 6) is 0.0517. The van der Waals surface area contributed by atoms with Crippen molar-refractivity contribution in [3.63, 3.8) is 0 Å². The van der Waals surface area contributed by atoms with Gasteiger partial charge >= 0.3 is 0 Å². The molecule has 1 heterocycles. The van der Waals surface area contributed by atoms with E-state index in [2.05, 4.69) is 66.8 Å². The van der Waals surface area contributed by atoms with Crippen molar-refractivity contribution in [3.8, 4) is 6.07 Å². The van der Waals surface area contributed by atoms with Crippen molar-refractivity contribution in [2.45, 2.75) is 51.1 Å². The molecule has 0 bridgehead atoms. The Morgan fingerprint density at radius 1 is 1.06 bits per heavy atom. The number of hydrogen-bond acceptors (Lipinski definition) is 4. The van der Waals surface area contributed by atoms with Crippen LogP contribution in [0.15, 0.2) is 65.6 Å². The molecule has 1 atom stereocenters. The van der Waals surface area contributed by atoms with Crippen LogP contribution in [0.1, 0.15) is 38.9 Å². The predicted octanol–water partition coefficient (Wildman–Crippen LogP) is 5.28. The maximum atomic E-state index is 13.3. The SMILES string of the molecule is Cc1cc(C)c(SN2Cc3ccccc3CC2C(=O)NCCc2cccc(C#N)c2)c(C)c1. The largest absolute Gasteiger partial charge is 0.354 e. The van der Waals surface area contributed by atoms with Gasteiger partial charge in [0, 0.05) is 18.0 Å². The van der Waals surface area contributed by atoms with Gasteiger partial charge in [0.15, 0.2) is 0 Å². The monoisotopic (exact) mass is 455 g/mol. The molecule has 1 unspecified atom stereocenters. The van der Waals surface area contributed by atoms with Crippen molar-refractivity contribution in [2.24, 2.45) is 0 Å². The summed E-state index contributed by atoms with van der Waals surface area (Å²) in [6.45, 7) is 7.69. The second kappa shape index (κ2) is 10.2. The summed E-state index contributed by atoms with van der Waals surface area (Å²) in [4.78, 5) is 14.6. The van der Waals surface area contributed by atoms with Gasteiger partial charge < -0.3 is 5.32 Å². The second-order valence-corrected chi connectivity index (χ2v) is 9.80. The maximum absolute atomic E-state index is 13.3. The molecule has 0 aliphatic carbocycles. The maximum Gasteiger partial charge on any atom is 0.238 e. The molecule has 4 nitrogen and oxygen atoms in total. The number of nitrogens with one attached hydrogen (secondary N) is 1. The van der Waals surface area contributed by atoms with Crippen molar-refractivity contribution in [1.82, 2.24) is 9.62 Å². The summed E-state index contributed by atoms with van der Waals surface area (Å²) in [5.41, 5.74) is 7.97. The Bertz CT molecular complexity index is 1190. The third kappa shape index (κ3) is 5.47. The minimum absolute atomic E-state index is 0.0517. The fourth-order valence-corrected chi connectivity index (χ4v) is 5.63. The quantitative estimate of drug-likeness (QED) is 0.514. The van der Waals surface area contributed by atoms with Crippen LogP contribution in [-0.2, 0) is 24.2 Å². The second-order valence-electron chi connectivity index (χ2n) is 8.74. The van der Waals surface area contributed by atoms with Crippen molar-refractivity contribution in [3.05, 3.63) is 99.6 Å². The molecule has 1 amide bonds. The number of fused-ring (bicyclic) bond motifs is 1. The van der Waals surface area contributed by atoms with E-state index in [1.54, 1.807) is 18.0 Å². The Morgan fingerprint density at radius 3 is 2.52 bits per heavy atom. The van der Waals surface area contributed by atoms with Crippen LogP contribution in [0.2, 0.25) is 0 Å². The Morgan fingerprint density at radius 2 is 1.79 bits per heavy atom. The standard InChI is InChI=1S/C28H29N3OS/c1-19-13-20(2)27(21(3)14-19)33-31-18-25-10-5-4-9-24(25)16-26(31)28(32)30-12-11-22-7-6-8-23(15-22)17-29/h4-10,13-15,26H,11-12,16,18H2,1-3H3,(H,30,32). The van der Waals surface area contributed by atoms with Gasteiger partial charge in [0.1, 0.15) is 6.04 Å². The molecule has 1 aliphatic rings. The van der Waals surface area contributed by atoms with E-state index in [0.29, 0.717) is 24.9 Å². The summed E-state index contributed by atoms with van der Waals surface area (Å²) in [6.07, 6.45) is 1.40. The summed E-state index contributed by atoms with van der Waals surface area (Å²) < 4.78 is 2.23.